The monoisotopic (exact) mass is 396 g/mol. The summed E-state index contributed by atoms with van der Waals surface area (Å²) >= 11 is 1.64. The van der Waals surface area contributed by atoms with Crippen molar-refractivity contribution in [3.8, 4) is 0 Å². The van der Waals surface area contributed by atoms with E-state index in [1.165, 1.54) is 5.56 Å². The first-order valence-corrected chi connectivity index (χ1v) is 10.6. The Morgan fingerprint density at radius 1 is 1.14 bits per heavy atom. The van der Waals surface area contributed by atoms with Crippen molar-refractivity contribution in [2.24, 2.45) is 5.41 Å². The van der Waals surface area contributed by atoms with Gasteiger partial charge in [0.05, 0.1) is 5.75 Å². The molecule has 3 rings (SSSR count). The van der Waals surface area contributed by atoms with Crippen LogP contribution in [0.2, 0.25) is 0 Å². The van der Waals surface area contributed by atoms with Crippen LogP contribution in [0.25, 0.3) is 0 Å². The summed E-state index contributed by atoms with van der Waals surface area (Å²) in [5, 5.41) is 2.91. The predicted molar refractivity (Wildman–Crippen MR) is 118 cm³/mol. The molecular weight excluding hydrogens is 368 g/mol. The van der Waals surface area contributed by atoms with Crippen LogP contribution in [0.15, 0.2) is 42.5 Å². The summed E-state index contributed by atoms with van der Waals surface area (Å²) in [4.78, 5) is 26.6. The number of nitrogens with zero attached hydrogens (tertiary/aromatic N) is 1. The van der Waals surface area contributed by atoms with Gasteiger partial charge in [-0.3, -0.25) is 14.5 Å². The number of thioether (sulfide) groups is 1. The lowest BCUT2D eigenvalue weighted by Crippen LogP contribution is -2.28. The van der Waals surface area contributed by atoms with E-state index < -0.39 is 0 Å². The highest BCUT2D eigenvalue weighted by atomic mass is 32.2. The molecule has 0 bridgehead atoms. The van der Waals surface area contributed by atoms with Gasteiger partial charge in [0.2, 0.25) is 11.8 Å². The van der Waals surface area contributed by atoms with Crippen LogP contribution in [0.1, 0.15) is 49.3 Å². The molecule has 2 aromatic rings. The third-order valence-electron chi connectivity index (χ3n) is 4.65. The Morgan fingerprint density at radius 2 is 1.82 bits per heavy atom. The Bertz CT molecular complexity index is 884. The number of anilines is 2. The molecule has 2 amide bonds. The molecular formula is C23H28N2O2S. The molecule has 1 unspecified atom stereocenters. The Morgan fingerprint density at radius 3 is 2.43 bits per heavy atom. The van der Waals surface area contributed by atoms with Gasteiger partial charge in [-0.15, -0.1) is 11.8 Å². The van der Waals surface area contributed by atoms with Crippen LogP contribution in [0.3, 0.4) is 0 Å². The number of benzene rings is 2. The zero-order valence-electron chi connectivity index (χ0n) is 17.2. The van der Waals surface area contributed by atoms with E-state index in [1.54, 1.807) is 11.8 Å². The van der Waals surface area contributed by atoms with Crippen molar-refractivity contribution in [3.63, 3.8) is 0 Å². The maximum absolute atomic E-state index is 12.6. The summed E-state index contributed by atoms with van der Waals surface area (Å²) in [7, 11) is 0. The molecule has 148 valence electrons. The lowest BCUT2D eigenvalue weighted by atomic mass is 9.92. The summed E-state index contributed by atoms with van der Waals surface area (Å²) in [5.74, 6) is 0.620. The van der Waals surface area contributed by atoms with Crippen molar-refractivity contribution >= 4 is 35.0 Å². The highest BCUT2D eigenvalue weighted by Crippen LogP contribution is 2.43. The second-order valence-corrected chi connectivity index (χ2v) is 9.69. The number of hydrogen-bond donors (Lipinski definition) is 1. The van der Waals surface area contributed by atoms with Gasteiger partial charge in [0.15, 0.2) is 0 Å². The fourth-order valence-corrected chi connectivity index (χ4v) is 4.59. The first-order valence-electron chi connectivity index (χ1n) is 9.55. The van der Waals surface area contributed by atoms with Gasteiger partial charge in [-0.05, 0) is 48.6 Å². The molecule has 0 aromatic heterocycles. The highest BCUT2D eigenvalue weighted by Gasteiger charge is 2.34. The Balaban J connectivity index is 1.78. The van der Waals surface area contributed by atoms with E-state index in [0.29, 0.717) is 12.2 Å². The molecule has 1 N–H and O–H groups in total. The molecule has 2 aromatic carbocycles. The van der Waals surface area contributed by atoms with Gasteiger partial charge in [0, 0.05) is 17.8 Å². The minimum atomic E-state index is -0.0479. The number of hydrogen-bond acceptors (Lipinski definition) is 3. The average molecular weight is 397 g/mol. The standard InChI is InChI=1S/C23H28N2O2S/c1-15-6-11-19(16(2)12-15)25-21(27)14-28-22(25)17-7-9-18(10-8-17)24-20(26)13-23(3,4)5/h6-12,22H,13-14H2,1-5H3,(H,24,26). The van der Waals surface area contributed by atoms with Gasteiger partial charge >= 0.3 is 0 Å². The summed E-state index contributed by atoms with van der Waals surface area (Å²) in [6, 6.07) is 14.0. The number of amides is 2. The van der Waals surface area contributed by atoms with E-state index in [1.807, 2.05) is 69.0 Å². The van der Waals surface area contributed by atoms with E-state index >= 15 is 0 Å². The zero-order valence-corrected chi connectivity index (χ0v) is 18.0. The average Bonchev–Trinajstić information content (AvgIpc) is 2.95. The number of carbonyl (C=O) groups is 2. The van der Waals surface area contributed by atoms with Crippen molar-refractivity contribution in [3.05, 3.63) is 59.2 Å². The molecule has 1 aliphatic rings. The van der Waals surface area contributed by atoms with E-state index in [2.05, 4.69) is 18.3 Å². The van der Waals surface area contributed by atoms with Crippen LogP contribution in [-0.4, -0.2) is 17.6 Å². The van der Waals surface area contributed by atoms with E-state index in [-0.39, 0.29) is 22.6 Å². The Hall–Kier alpha value is -2.27. The van der Waals surface area contributed by atoms with Crippen molar-refractivity contribution in [1.29, 1.82) is 0 Å². The minimum Gasteiger partial charge on any atom is -0.326 e. The van der Waals surface area contributed by atoms with Crippen LogP contribution < -0.4 is 10.2 Å². The molecule has 1 saturated heterocycles. The second-order valence-electron chi connectivity index (χ2n) is 8.62. The van der Waals surface area contributed by atoms with Gasteiger partial charge < -0.3 is 5.32 Å². The lowest BCUT2D eigenvalue weighted by Gasteiger charge is -2.26. The Kier molecular flexibility index (Phi) is 5.84. The number of rotatable bonds is 4. The normalized spacial score (nSPS) is 17.1. The number of aryl methyl sites for hydroxylation is 2. The lowest BCUT2D eigenvalue weighted by molar-refractivity contribution is -0.118. The zero-order chi connectivity index (χ0) is 20.5. The fourth-order valence-electron chi connectivity index (χ4n) is 3.42. The number of nitrogens with one attached hydrogen (secondary N) is 1. The number of carbonyl (C=O) groups excluding carboxylic acids is 2. The van der Waals surface area contributed by atoms with E-state index in [4.69, 9.17) is 0 Å². The summed E-state index contributed by atoms with van der Waals surface area (Å²) in [6.07, 6.45) is 0.474. The third kappa shape index (κ3) is 4.76. The van der Waals surface area contributed by atoms with Crippen molar-refractivity contribution < 1.29 is 9.59 Å². The largest absolute Gasteiger partial charge is 0.326 e. The molecule has 0 radical (unpaired) electrons. The van der Waals surface area contributed by atoms with Crippen LogP contribution in [-0.2, 0) is 9.59 Å². The Labute approximate surface area is 171 Å². The fraction of sp³-hybridized carbons (Fsp3) is 0.391. The van der Waals surface area contributed by atoms with Crippen molar-refractivity contribution in [1.82, 2.24) is 0 Å². The highest BCUT2D eigenvalue weighted by molar-refractivity contribution is 8.00. The molecule has 5 heteroatoms. The summed E-state index contributed by atoms with van der Waals surface area (Å²) < 4.78 is 0. The molecule has 1 heterocycles. The molecule has 28 heavy (non-hydrogen) atoms. The predicted octanol–water partition coefficient (Wildman–Crippen LogP) is 5.46. The quantitative estimate of drug-likeness (QED) is 0.747. The molecule has 1 fully saturated rings. The van der Waals surface area contributed by atoms with E-state index in [9.17, 15) is 9.59 Å². The molecule has 0 spiro atoms. The van der Waals surface area contributed by atoms with Crippen molar-refractivity contribution in [2.45, 2.75) is 46.4 Å². The van der Waals surface area contributed by atoms with Gasteiger partial charge in [0.25, 0.3) is 0 Å². The molecule has 0 aliphatic carbocycles. The van der Waals surface area contributed by atoms with Crippen LogP contribution >= 0.6 is 11.8 Å². The first-order chi connectivity index (χ1) is 13.1. The topological polar surface area (TPSA) is 49.4 Å². The van der Waals surface area contributed by atoms with Gasteiger partial charge in [-0.1, -0.05) is 50.6 Å². The summed E-state index contributed by atoms with van der Waals surface area (Å²) in [6.45, 7) is 10.2. The van der Waals surface area contributed by atoms with Crippen LogP contribution in [0, 0.1) is 19.3 Å². The second kappa shape index (κ2) is 8.00. The van der Waals surface area contributed by atoms with Gasteiger partial charge in [-0.25, -0.2) is 0 Å². The van der Waals surface area contributed by atoms with Gasteiger partial charge in [-0.2, -0.15) is 0 Å². The smallest absolute Gasteiger partial charge is 0.238 e. The SMILES string of the molecule is Cc1ccc(N2C(=O)CSC2c2ccc(NC(=O)CC(C)(C)C)cc2)c(C)c1. The van der Waals surface area contributed by atoms with Crippen molar-refractivity contribution in [2.75, 3.05) is 16.0 Å². The maximum Gasteiger partial charge on any atom is 0.238 e. The van der Waals surface area contributed by atoms with Crippen LogP contribution in [0.4, 0.5) is 11.4 Å². The molecule has 1 aliphatic heterocycles. The first kappa shape index (κ1) is 20.5. The van der Waals surface area contributed by atoms with Crippen LogP contribution in [0.5, 0.6) is 0 Å². The molecule has 0 saturated carbocycles. The third-order valence-corrected chi connectivity index (χ3v) is 5.86. The minimum absolute atomic E-state index is 0.0163. The molecule has 4 nitrogen and oxygen atoms in total. The summed E-state index contributed by atoms with van der Waals surface area (Å²) in [5.41, 5.74) is 5.06. The molecule has 1 atom stereocenters. The van der Waals surface area contributed by atoms with Gasteiger partial charge in [0.1, 0.15) is 5.37 Å². The van der Waals surface area contributed by atoms with E-state index in [0.717, 1.165) is 22.5 Å². The maximum atomic E-state index is 12.6.